The molecular weight excluding hydrogens is 415 g/mol. The van der Waals surface area contributed by atoms with Crippen LogP contribution >= 0.6 is 23.2 Å². The third-order valence-electron chi connectivity index (χ3n) is 5.39. The van der Waals surface area contributed by atoms with Crippen LogP contribution in [0.2, 0.25) is 10.0 Å². The van der Waals surface area contributed by atoms with Crippen LogP contribution in [0.3, 0.4) is 0 Å². The van der Waals surface area contributed by atoms with Crippen LogP contribution in [-0.2, 0) is 13.0 Å². The molecule has 1 aliphatic rings. The first-order valence-corrected chi connectivity index (χ1v) is 10.3. The summed E-state index contributed by atoms with van der Waals surface area (Å²) >= 11 is 12.2. The Labute approximate surface area is 179 Å². The van der Waals surface area contributed by atoms with E-state index < -0.39 is 4.92 Å². The van der Waals surface area contributed by atoms with Gasteiger partial charge in [0.1, 0.15) is 5.69 Å². The number of rotatable bonds is 7. The fraction of sp³-hybridized carbons (Fsp3) is 0.474. The second kappa shape index (κ2) is 9.56. The summed E-state index contributed by atoms with van der Waals surface area (Å²) in [5.41, 5.74) is 12.6. The van der Waals surface area contributed by atoms with Crippen LogP contribution in [0.4, 0.5) is 17.5 Å². The molecule has 0 unspecified atom stereocenters. The van der Waals surface area contributed by atoms with Gasteiger partial charge in [0.05, 0.1) is 4.92 Å². The molecule has 1 aliphatic carbocycles. The van der Waals surface area contributed by atoms with Crippen LogP contribution in [0.5, 0.6) is 0 Å². The number of hydrogen-bond acceptors (Lipinski definition) is 7. The van der Waals surface area contributed by atoms with Crippen molar-refractivity contribution < 1.29 is 4.92 Å². The van der Waals surface area contributed by atoms with E-state index in [9.17, 15) is 10.1 Å². The molecule has 3 rings (SSSR count). The Morgan fingerprint density at radius 2 is 1.86 bits per heavy atom. The number of nitrogens with one attached hydrogen (secondary N) is 1. The number of aromatic nitrogens is 2. The standard InChI is InChI=1S/C19H24Cl2N6O2/c20-14-5-6-15(21)13(8-14)10-24-19-25-16(17(27(28)29)18(23)26-19)7-11-1-3-12(9-22)4-2-11/h5-6,8,11-12H,1-4,7,9-10,22H2,(H3,23,24,25,26)/t11-,12-. The van der Waals surface area contributed by atoms with Gasteiger partial charge >= 0.3 is 5.69 Å². The number of halogens is 2. The van der Waals surface area contributed by atoms with Gasteiger partial charge in [0.25, 0.3) is 0 Å². The zero-order chi connectivity index (χ0) is 21.0. The highest BCUT2D eigenvalue weighted by molar-refractivity contribution is 6.33. The lowest BCUT2D eigenvalue weighted by Gasteiger charge is -2.27. The van der Waals surface area contributed by atoms with Crippen molar-refractivity contribution in [3.8, 4) is 0 Å². The van der Waals surface area contributed by atoms with Gasteiger partial charge in [0, 0.05) is 16.6 Å². The van der Waals surface area contributed by atoms with E-state index in [1.54, 1.807) is 18.2 Å². The van der Waals surface area contributed by atoms with Gasteiger partial charge in [-0.05, 0) is 74.2 Å². The van der Waals surface area contributed by atoms with Crippen molar-refractivity contribution in [2.45, 2.75) is 38.6 Å². The molecule has 29 heavy (non-hydrogen) atoms. The molecule has 0 saturated heterocycles. The molecule has 8 nitrogen and oxygen atoms in total. The smallest absolute Gasteiger partial charge is 0.332 e. The van der Waals surface area contributed by atoms with Crippen LogP contribution < -0.4 is 16.8 Å². The number of hydrogen-bond donors (Lipinski definition) is 3. The molecule has 1 aromatic heterocycles. The molecule has 1 saturated carbocycles. The molecular formula is C19H24Cl2N6O2. The summed E-state index contributed by atoms with van der Waals surface area (Å²) in [5, 5.41) is 15.7. The second-order valence-corrected chi connectivity index (χ2v) is 8.24. The van der Waals surface area contributed by atoms with E-state index in [0.717, 1.165) is 31.2 Å². The number of nitro groups is 1. The van der Waals surface area contributed by atoms with Gasteiger partial charge in [-0.15, -0.1) is 0 Å². The monoisotopic (exact) mass is 438 g/mol. The van der Waals surface area contributed by atoms with E-state index in [1.165, 1.54) is 0 Å². The highest BCUT2D eigenvalue weighted by Gasteiger charge is 2.27. The Hall–Kier alpha value is -2.16. The van der Waals surface area contributed by atoms with E-state index in [4.69, 9.17) is 34.7 Å². The third kappa shape index (κ3) is 5.46. The number of nitrogens with two attached hydrogens (primary N) is 2. The molecule has 0 spiro atoms. The van der Waals surface area contributed by atoms with Gasteiger partial charge in [-0.1, -0.05) is 23.2 Å². The first kappa shape index (κ1) is 21.5. The maximum absolute atomic E-state index is 11.5. The molecule has 0 aliphatic heterocycles. The molecule has 1 fully saturated rings. The van der Waals surface area contributed by atoms with Crippen LogP contribution in [0, 0.1) is 22.0 Å². The van der Waals surface area contributed by atoms with Crippen LogP contribution in [0.25, 0.3) is 0 Å². The molecule has 0 radical (unpaired) electrons. The van der Waals surface area contributed by atoms with E-state index in [1.807, 2.05) is 0 Å². The molecule has 0 atom stereocenters. The number of benzene rings is 1. The Bertz CT molecular complexity index is 887. The van der Waals surface area contributed by atoms with E-state index in [-0.39, 0.29) is 17.5 Å². The lowest BCUT2D eigenvalue weighted by Crippen LogP contribution is -2.23. The Morgan fingerprint density at radius 1 is 1.17 bits per heavy atom. The SMILES string of the molecule is NC[C@H]1CC[C@H](Cc2nc(NCc3cc(Cl)ccc3Cl)nc(N)c2[N+](=O)[O-])CC1. The highest BCUT2D eigenvalue weighted by Crippen LogP contribution is 2.34. The summed E-state index contributed by atoms with van der Waals surface area (Å²) in [5.74, 6) is 0.947. The van der Waals surface area contributed by atoms with Gasteiger partial charge in [-0.25, -0.2) is 4.98 Å². The van der Waals surface area contributed by atoms with Crippen molar-refractivity contribution in [3.63, 3.8) is 0 Å². The summed E-state index contributed by atoms with van der Waals surface area (Å²) in [6.07, 6.45) is 4.52. The number of nitrogen functional groups attached to an aromatic ring is 1. The summed E-state index contributed by atoms with van der Waals surface area (Å²) in [7, 11) is 0. The molecule has 5 N–H and O–H groups in total. The minimum atomic E-state index is -0.506. The molecule has 1 aromatic carbocycles. The molecule has 0 amide bonds. The number of anilines is 2. The Balaban J connectivity index is 1.78. The molecule has 0 bridgehead atoms. The summed E-state index contributed by atoms with van der Waals surface area (Å²) in [6, 6.07) is 5.14. The topological polar surface area (TPSA) is 133 Å². The van der Waals surface area contributed by atoms with Crippen molar-refractivity contribution in [3.05, 3.63) is 49.6 Å². The lowest BCUT2D eigenvalue weighted by molar-refractivity contribution is -0.385. The first-order chi connectivity index (χ1) is 13.9. The van der Waals surface area contributed by atoms with Crippen LogP contribution in [-0.4, -0.2) is 21.4 Å². The third-order valence-corrected chi connectivity index (χ3v) is 6.00. The zero-order valence-electron chi connectivity index (χ0n) is 15.9. The second-order valence-electron chi connectivity index (χ2n) is 7.40. The van der Waals surface area contributed by atoms with Crippen molar-refractivity contribution in [1.82, 2.24) is 9.97 Å². The van der Waals surface area contributed by atoms with Gasteiger partial charge < -0.3 is 16.8 Å². The van der Waals surface area contributed by atoms with E-state index in [0.29, 0.717) is 47.1 Å². The normalized spacial score (nSPS) is 19.1. The molecule has 1 heterocycles. The van der Waals surface area contributed by atoms with E-state index in [2.05, 4.69) is 15.3 Å². The predicted molar refractivity (Wildman–Crippen MR) is 115 cm³/mol. The highest BCUT2D eigenvalue weighted by atomic mass is 35.5. The minimum Gasteiger partial charge on any atom is -0.378 e. The fourth-order valence-electron chi connectivity index (χ4n) is 3.74. The van der Waals surface area contributed by atoms with Crippen molar-refractivity contribution in [2.75, 3.05) is 17.6 Å². The average molecular weight is 439 g/mol. The first-order valence-electron chi connectivity index (χ1n) is 9.56. The molecule has 10 heteroatoms. The van der Waals surface area contributed by atoms with Crippen LogP contribution in [0.15, 0.2) is 18.2 Å². The summed E-state index contributed by atoms with van der Waals surface area (Å²) in [4.78, 5) is 19.5. The van der Waals surface area contributed by atoms with Crippen molar-refractivity contribution in [2.24, 2.45) is 17.6 Å². The predicted octanol–water partition coefficient (Wildman–Crippen LogP) is 4.19. The Kier molecular flexibility index (Phi) is 7.10. The van der Waals surface area contributed by atoms with Crippen molar-refractivity contribution in [1.29, 1.82) is 0 Å². The number of nitrogens with zero attached hydrogens (tertiary/aromatic N) is 3. The molecule has 2 aromatic rings. The average Bonchev–Trinajstić information content (AvgIpc) is 2.68. The minimum absolute atomic E-state index is 0.143. The van der Waals surface area contributed by atoms with E-state index >= 15 is 0 Å². The van der Waals surface area contributed by atoms with Crippen molar-refractivity contribution >= 4 is 40.7 Å². The summed E-state index contributed by atoms with van der Waals surface area (Å²) < 4.78 is 0. The largest absolute Gasteiger partial charge is 0.378 e. The van der Waals surface area contributed by atoms with Gasteiger partial charge in [0.15, 0.2) is 0 Å². The maximum atomic E-state index is 11.5. The zero-order valence-corrected chi connectivity index (χ0v) is 17.4. The maximum Gasteiger partial charge on any atom is 0.332 e. The molecule has 156 valence electrons. The van der Waals surface area contributed by atoms with Gasteiger partial charge in [-0.3, -0.25) is 10.1 Å². The van der Waals surface area contributed by atoms with Gasteiger partial charge in [0.2, 0.25) is 11.8 Å². The fourth-order valence-corrected chi connectivity index (χ4v) is 4.12. The lowest BCUT2D eigenvalue weighted by atomic mass is 9.80. The van der Waals surface area contributed by atoms with Gasteiger partial charge in [-0.2, -0.15) is 4.98 Å². The van der Waals surface area contributed by atoms with Crippen LogP contribution in [0.1, 0.15) is 36.9 Å². The quantitative estimate of drug-likeness (QED) is 0.435. The Morgan fingerprint density at radius 3 is 2.52 bits per heavy atom. The summed E-state index contributed by atoms with van der Waals surface area (Å²) in [6.45, 7) is 1.01.